The molecule has 0 aromatic carbocycles. The summed E-state index contributed by atoms with van der Waals surface area (Å²) in [7, 11) is 1.59. The summed E-state index contributed by atoms with van der Waals surface area (Å²) in [6.45, 7) is 2.40. The molecule has 2 N–H and O–H groups in total. The Kier molecular flexibility index (Phi) is 1.48. The Balaban J connectivity index is 3.31. The molecule has 56 valence electrons. The van der Waals surface area contributed by atoms with Crippen LogP contribution in [-0.4, -0.2) is 14.3 Å². The van der Waals surface area contributed by atoms with E-state index in [1.807, 2.05) is 6.92 Å². The highest BCUT2D eigenvalue weighted by atomic mass is 16.2. The van der Waals surface area contributed by atoms with E-state index < -0.39 is 0 Å². The van der Waals surface area contributed by atoms with Crippen molar-refractivity contribution in [1.29, 1.82) is 0 Å². The molecular weight excluding hydrogens is 132 g/mol. The number of hydrogen-bond acceptors (Lipinski definition) is 3. The van der Waals surface area contributed by atoms with Crippen LogP contribution in [0.5, 0.6) is 0 Å². The Morgan fingerprint density at radius 2 is 2.30 bits per heavy atom. The van der Waals surface area contributed by atoms with Crippen LogP contribution >= 0.6 is 0 Å². The number of nitrogen functional groups attached to an aromatic ring is 1. The minimum Gasteiger partial charge on any atom is -0.368 e. The Morgan fingerprint density at radius 3 is 2.50 bits per heavy atom. The molecule has 0 radical (unpaired) electrons. The number of aromatic nitrogens is 3. The zero-order chi connectivity index (χ0) is 7.72. The predicted octanol–water partition coefficient (Wildman–Crippen LogP) is -0.816. The molecule has 0 saturated heterocycles. The van der Waals surface area contributed by atoms with Crippen molar-refractivity contribution in [2.24, 2.45) is 7.05 Å². The third-order valence-electron chi connectivity index (χ3n) is 1.37. The molecule has 0 aliphatic rings. The zero-order valence-corrected chi connectivity index (χ0v) is 6.03. The number of rotatable bonds is 1. The highest BCUT2D eigenvalue weighted by molar-refractivity contribution is 5.12. The third kappa shape index (κ3) is 0.792. The maximum absolute atomic E-state index is 11.0. The van der Waals surface area contributed by atoms with Gasteiger partial charge in [-0.3, -0.25) is 4.57 Å². The van der Waals surface area contributed by atoms with Gasteiger partial charge >= 0.3 is 5.69 Å². The van der Waals surface area contributed by atoms with E-state index in [1.165, 1.54) is 9.25 Å². The van der Waals surface area contributed by atoms with Crippen molar-refractivity contribution >= 4 is 5.95 Å². The monoisotopic (exact) mass is 142 g/mol. The lowest BCUT2D eigenvalue weighted by Crippen LogP contribution is -2.22. The largest absolute Gasteiger partial charge is 0.368 e. The van der Waals surface area contributed by atoms with Crippen molar-refractivity contribution in [1.82, 2.24) is 14.3 Å². The third-order valence-corrected chi connectivity index (χ3v) is 1.37. The van der Waals surface area contributed by atoms with Crippen molar-refractivity contribution in [3.8, 4) is 0 Å². The van der Waals surface area contributed by atoms with Crippen LogP contribution in [0.1, 0.15) is 6.92 Å². The van der Waals surface area contributed by atoms with E-state index in [2.05, 4.69) is 5.10 Å². The van der Waals surface area contributed by atoms with E-state index >= 15 is 0 Å². The molecule has 5 nitrogen and oxygen atoms in total. The summed E-state index contributed by atoms with van der Waals surface area (Å²) >= 11 is 0. The maximum atomic E-state index is 11.0. The SMILES string of the molecule is CCn1nc(N)n(C)c1=O. The molecular formula is C5H10N4O. The summed E-state index contributed by atoms with van der Waals surface area (Å²) < 4.78 is 2.62. The van der Waals surface area contributed by atoms with Crippen LogP contribution in [0.15, 0.2) is 4.79 Å². The molecule has 0 aliphatic heterocycles. The molecule has 0 bridgehead atoms. The minimum absolute atomic E-state index is 0.167. The maximum Gasteiger partial charge on any atom is 0.347 e. The van der Waals surface area contributed by atoms with Crippen molar-refractivity contribution in [2.75, 3.05) is 5.73 Å². The van der Waals surface area contributed by atoms with E-state index in [1.54, 1.807) is 7.05 Å². The van der Waals surface area contributed by atoms with Crippen LogP contribution < -0.4 is 11.4 Å². The molecule has 0 aliphatic carbocycles. The molecule has 0 amide bonds. The molecule has 1 aromatic heterocycles. The van der Waals surface area contributed by atoms with Gasteiger partial charge in [-0.15, -0.1) is 5.10 Å². The Hall–Kier alpha value is -1.26. The fraction of sp³-hybridized carbons (Fsp3) is 0.600. The second-order valence-corrected chi connectivity index (χ2v) is 2.02. The molecule has 0 atom stereocenters. The molecule has 1 heterocycles. The van der Waals surface area contributed by atoms with Crippen LogP contribution in [-0.2, 0) is 13.6 Å². The van der Waals surface area contributed by atoms with E-state index in [0.717, 1.165) is 0 Å². The second kappa shape index (κ2) is 2.17. The first-order valence-electron chi connectivity index (χ1n) is 3.06. The minimum atomic E-state index is -0.167. The molecule has 10 heavy (non-hydrogen) atoms. The first-order chi connectivity index (χ1) is 4.66. The van der Waals surface area contributed by atoms with Gasteiger partial charge in [0.25, 0.3) is 0 Å². The van der Waals surface area contributed by atoms with Crippen molar-refractivity contribution in [3.05, 3.63) is 10.5 Å². The summed E-state index contributed by atoms with van der Waals surface area (Å²) in [5.74, 6) is 0.256. The van der Waals surface area contributed by atoms with Crippen LogP contribution in [0.2, 0.25) is 0 Å². The van der Waals surface area contributed by atoms with Crippen molar-refractivity contribution in [2.45, 2.75) is 13.5 Å². The average molecular weight is 142 g/mol. The standard InChI is InChI=1S/C5H10N4O/c1-3-9-5(10)8(2)4(6)7-9/h3H2,1-2H3,(H2,6,7). The fourth-order valence-corrected chi connectivity index (χ4v) is 0.711. The van der Waals surface area contributed by atoms with Gasteiger partial charge < -0.3 is 5.73 Å². The van der Waals surface area contributed by atoms with E-state index in [0.29, 0.717) is 6.54 Å². The average Bonchev–Trinajstić information content (AvgIpc) is 2.17. The topological polar surface area (TPSA) is 65.8 Å². The van der Waals surface area contributed by atoms with Gasteiger partial charge in [-0.05, 0) is 6.92 Å². The number of anilines is 1. The fourth-order valence-electron chi connectivity index (χ4n) is 0.711. The molecule has 0 spiro atoms. The lowest BCUT2D eigenvalue weighted by atomic mass is 10.8. The Morgan fingerprint density at radius 1 is 1.70 bits per heavy atom. The summed E-state index contributed by atoms with van der Waals surface area (Å²) in [6.07, 6.45) is 0. The van der Waals surface area contributed by atoms with Gasteiger partial charge in [0.2, 0.25) is 5.95 Å². The molecule has 1 aromatic rings. The van der Waals surface area contributed by atoms with Gasteiger partial charge in [0.05, 0.1) is 0 Å². The highest BCUT2D eigenvalue weighted by Gasteiger charge is 2.02. The Bertz CT molecular complexity index is 284. The van der Waals surface area contributed by atoms with E-state index in [9.17, 15) is 4.79 Å². The smallest absolute Gasteiger partial charge is 0.347 e. The van der Waals surface area contributed by atoms with Crippen LogP contribution in [0.4, 0.5) is 5.95 Å². The summed E-state index contributed by atoms with van der Waals surface area (Å²) in [6, 6.07) is 0. The number of aryl methyl sites for hydroxylation is 1. The van der Waals surface area contributed by atoms with E-state index in [4.69, 9.17) is 5.73 Å². The van der Waals surface area contributed by atoms with Gasteiger partial charge in [0.15, 0.2) is 0 Å². The van der Waals surface area contributed by atoms with Crippen LogP contribution in [0.3, 0.4) is 0 Å². The predicted molar refractivity (Wildman–Crippen MR) is 37.6 cm³/mol. The normalized spacial score (nSPS) is 10.2. The molecule has 1 rings (SSSR count). The lowest BCUT2D eigenvalue weighted by Gasteiger charge is -1.86. The van der Waals surface area contributed by atoms with Crippen LogP contribution in [0, 0.1) is 0 Å². The van der Waals surface area contributed by atoms with Gasteiger partial charge in [-0.1, -0.05) is 0 Å². The van der Waals surface area contributed by atoms with Gasteiger partial charge in [0.1, 0.15) is 0 Å². The van der Waals surface area contributed by atoms with Crippen molar-refractivity contribution < 1.29 is 0 Å². The first-order valence-corrected chi connectivity index (χ1v) is 3.06. The van der Waals surface area contributed by atoms with Gasteiger partial charge in [-0.25, -0.2) is 9.48 Å². The Labute approximate surface area is 58.1 Å². The number of hydrogen-bond donors (Lipinski definition) is 1. The van der Waals surface area contributed by atoms with Gasteiger partial charge in [-0.2, -0.15) is 0 Å². The first kappa shape index (κ1) is 6.85. The second-order valence-electron chi connectivity index (χ2n) is 2.02. The molecule has 0 saturated carbocycles. The molecule has 0 unspecified atom stereocenters. The molecule has 5 heteroatoms. The zero-order valence-electron chi connectivity index (χ0n) is 6.03. The number of nitrogens with two attached hydrogens (primary N) is 1. The summed E-state index contributed by atoms with van der Waals surface area (Å²) in [5, 5.41) is 3.77. The highest BCUT2D eigenvalue weighted by Crippen LogP contribution is 1.87. The lowest BCUT2D eigenvalue weighted by molar-refractivity contribution is 0.623. The van der Waals surface area contributed by atoms with Crippen LogP contribution in [0.25, 0.3) is 0 Å². The molecule has 0 fully saturated rings. The summed E-state index contributed by atoms with van der Waals surface area (Å²) in [5.41, 5.74) is 5.18. The quantitative estimate of drug-likeness (QED) is 0.557. The summed E-state index contributed by atoms with van der Waals surface area (Å²) in [4.78, 5) is 11.0. The van der Waals surface area contributed by atoms with Gasteiger partial charge in [0, 0.05) is 13.6 Å². The van der Waals surface area contributed by atoms with E-state index in [-0.39, 0.29) is 11.6 Å². The number of nitrogens with zero attached hydrogens (tertiary/aromatic N) is 3. The van der Waals surface area contributed by atoms with Crippen molar-refractivity contribution in [3.63, 3.8) is 0 Å².